The van der Waals surface area contributed by atoms with E-state index in [9.17, 15) is 9.59 Å². The van der Waals surface area contributed by atoms with Gasteiger partial charge < -0.3 is 5.32 Å². The minimum absolute atomic E-state index is 0.126. The van der Waals surface area contributed by atoms with E-state index >= 15 is 0 Å². The van der Waals surface area contributed by atoms with Crippen molar-refractivity contribution in [3.63, 3.8) is 0 Å². The largest absolute Gasteiger partial charge is 0.319 e. The topological polar surface area (TPSA) is 59.3 Å². The lowest BCUT2D eigenvalue weighted by molar-refractivity contribution is -0.117. The smallest absolute Gasteiger partial charge is 0.295 e. The summed E-state index contributed by atoms with van der Waals surface area (Å²) in [5.41, 5.74) is 4.38. The lowest BCUT2D eigenvalue weighted by atomic mass is 9.90. The molecule has 6 heteroatoms. The molecular formula is C27H34N4O2. The van der Waals surface area contributed by atoms with Gasteiger partial charge in [0.05, 0.1) is 17.9 Å². The van der Waals surface area contributed by atoms with Crippen LogP contribution in [0.1, 0.15) is 36.1 Å². The average Bonchev–Trinajstić information content (AvgIpc) is 3.03. The van der Waals surface area contributed by atoms with E-state index in [1.54, 1.807) is 9.36 Å². The number of benzene rings is 2. The van der Waals surface area contributed by atoms with Crippen molar-refractivity contribution in [1.29, 1.82) is 0 Å². The van der Waals surface area contributed by atoms with E-state index in [-0.39, 0.29) is 11.5 Å². The Morgan fingerprint density at radius 3 is 2.33 bits per heavy atom. The highest BCUT2D eigenvalue weighted by molar-refractivity contribution is 5.92. The molecule has 1 aromatic heterocycles. The summed E-state index contributed by atoms with van der Waals surface area (Å²) in [6.07, 6.45) is 4.55. The number of aryl methyl sites for hydroxylation is 2. The van der Waals surface area contributed by atoms with Crippen LogP contribution in [-0.2, 0) is 18.3 Å². The van der Waals surface area contributed by atoms with Crippen LogP contribution in [-0.4, -0.2) is 39.8 Å². The van der Waals surface area contributed by atoms with Crippen LogP contribution in [0.4, 0.5) is 5.69 Å². The molecule has 1 fully saturated rings. The zero-order valence-electron chi connectivity index (χ0n) is 19.9. The summed E-state index contributed by atoms with van der Waals surface area (Å²) in [6, 6.07) is 18.3. The van der Waals surface area contributed by atoms with Gasteiger partial charge in [-0.15, -0.1) is 0 Å². The standard InChI is InChI=1S/C27H34N4O2/c1-20-9-11-22(12-10-20)13-14-23-15-17-30(18-16-23)19-25(32)28-26-21(2)29(3)31(27(26)33)24-7-5-4-6-8-24/h4-12,23H,13-19H2,1-3H3,(H,28,32). The van der Waals surface area contributed by atoms with E-state index in [0.29, 0.717) is 18.2 Å². The van der Waals surface area contributed by atoms with E-state index < -0.39 is 0 Å². The number of likely N-dealkylation sites (tertiary alicyclic amines) is 1. The Balaban J connectivity index is 1.29. The molecule has 1 N–H and O–H groups in total. The Morgan fingerprint density at radius 2 is 1.67 bits per heavy atom. The molecule has 33 heavy (non-hydrogen) atoms. The second-order valence-corrected chi connectivity index (χ2v) is 9.23. The van der Waals surface area contributed by atoms with E-state index in [1.165, 1.54) is 17.5 Å². The molecule has 0 unspecified atom stereocenters. The van der Waals surface area contributed by atoms with Crippen molar-refractivity contribution < 1.29 is 4.79 Å². The minimum atomic E-state index is -0.204. The fraction of sp³-hybridized carbons (Fsp3) is 0.407. The van der Waals surface area contributed by atoms with Gasteiger partial charge in [-0.3, -0.25) is 19.2 Å². The van der Waals surface area contributed by atoms with Crippen molar-refractivity contribution >= 4 is 11.6 Å². The number of amides is 1. The Labute approximate surface area is 195 Å². The second kappa shape index (κ2) is 10.2. The third kappa shape index (κ3) is 5.45. The first-order valence-electron chi connectivity index (χ1n) is 11.8. The molecule has 0 aliphatic carbocycles. The van der Waals surface area contributed by atoms with Crippen LogP contribution in [0.15, 0.2) is 59.4 Å². The molecule has 0 radical (unpaired) electrons. The maximum Gasteiger partial charge on any atom is 0.295 e. The summed E-state index contributed by atoms with van der Waals surface area (Å²) in [5.74, 6) is 0.583. The fourth-order valence-electron chi connectivity index (χ4n) is 4.65. The molecule has 0 bridgehead atoms. The van der Waals surface area contributed by atoms with Gasteiger partial charge in [-0.25, -0.2) is 4.68 Å². The molecule has 1 aliphatic rings. The van der Waals surface area contributed by atoms with Gasteiger partial charge in [0.25, 0.3) is 5.56 Å². The number of para-hydroxylation sites is 1. The van der Waals surface area contributed by atoms with Crippen molar-refractivity contribution in [2.75, 3.05) is 25.0 Å². The van der Waals surface area contributed by atoms with Crippen LogP contribution in [0.25, 0.3) is 5.69 Å². The molecule has 6 nitrogen and oxygen atoms in total. The third-order valence-corrected chi connectivity index (χ3v) is 6.85. The number of anilines is 1. The molecule has 1 saturated heterocycles. The number of hydrogen-bond acceptors (Lipinski definition) is 3. The maximum atomic E-state index is 13.0. The number of nitrogens with zero attached hydrogens (tertiary/aromatic N) is 3. The molecule has 1 aliphatic heterocycles. The Bertz CT molecular complexity index is 1140. The molecule has 2 aromatic carbocycles. The first kappa shape index (κ1) is 23.1. The van der Waals surface area contributed by atoms with Gasteiger partial charge in [0.2, 0.25) is 5.91 Å². The normalized spacial score (nSPS) is 15.0. The molecule has 0 spiro atoms. The Hall–Kier alpha value is -3.12. The number of piperidine rings is 1. The third-order valence-electron chi connectivity index (χ3n) is 6.85. The van der Waals surface area contributed by atoms with Crippen molar-refractivity contribution in [3.8, 4) is 5.69 Å². The predicted octanol–water partition coefficient (Wildman–Crippen LogP) is 4.08. The summed E-state index contributed by atoms with van der Waals surface area (Å²) in [4.78, 5) is 28.0. The molecule has 0 saturated carbocycles. The van der Waals surface area contributed by atoms with Crippen LogP contribution in [0.2, 0.25) is 0 Å². The number of carbonyl (C=O) groups is 1. The number of carbonyl (C=O) groups excluding carboxylic acids is 1. The minimum Gasteiger partial charge on any atom is -0.319 e. The van der Waals surface area contributed by atoms with Gasteiger partial charge in [-0.2, -0.15) is 0 Å². The van der Waals surface area contributed by atoms with Crippen LogP contribution in [0.3, 0.4) is 0 Å². The second-order valence-electron chi connectivity index (χ2n) is 9.23. The zero-order chi connectivity index (χ0) is 23.4. The van der Waals surface area contributed by atoms with Gasteiger partial charge in [-0.05, 0) is 76.2 Å². The first-order valence-corrected chi connectivity index (χ1v) is 11.8. The average molecular weight is 447 g/mol. The summed E-state index contributed by atoms with van der Waals surface area (Å²) in [7, 11) is 1.83. The van der Waals surface area contributed by atoms with Crippen LogP contribution in [0.5, 0.6) is 0 Å². The van der Waals surface area contributed by atoms with Crippen molar-refractivity contribution in [2.24, 2.45) is 13.0 Å². The summed E-state index contributed by atoms with van der Waals surface area (Å²) in [6.45, 7) is 6.15. The number of hydrogen-bond donors (Lipinski definition) is 1. The fourth-order valence-corrected chi connectivity index (χ4v) is 4.65. The van der Waals surface area contributed by atoms with Gasteiger partial charge in [-0.1, -0.05) is 48.0 Å². The van der Waals surface area contributed by atoms with Crippen LogP contribution in [0, 0.1) is 19.8 Å². The van der Waals surface area contributed by atoms with Crippen molar-refractivity contribution in [3.05, 3.63) is 81.8 Å². The zero-order valence-corrected chi connectivity index (χ0v) is 19.9. The molecule has 2 heterocycles. The van der Waals surface area contributed by atoms with E-state index in [2.05, 4.69) is 41.4 Å². The van der Waals surface area contributed by atoms with E-state index in [1.807, 2.05) is 44.3 Å². The highest BCUT2D eigenvalue weighted by Gasteiger charge is 2.23. The van der Waals surface area contributed by atoms with Crippen LogP contribution < -0.4 is 10.9 Å². The summed E-state index contributed by atoms with van der Waals surface area (Å²) >= 11 is 0. The first-order chi connectivity index (χ1) is 15.9. The van der Waals surface area contributed by atoms with Crippen LogP contribution >= 0.6 is 0 Å². The van der Waals surface area contributed by atoms with E-state index in [0.717, 1.165) is 43.7 Å². The predicted molar refractivity (Wildman–Crippen MR) is 133 cm³/mol. The lowest BCUT2D eigenvalue weighted by Gasteiger charge is -2.31. The van der Waals surface area contributed by atoms with Gasteiger partial charge in [0, 0.05) is 7.05 Å². The molecule has 1 amide bonds. The number of aromatic nitrogens is 2. The maximum absolute atomic E-state index is 13.0. The van der Waals surface area contributed by atoms with Gasteiger partial charge >= 0.3 is 0 Å². The summed E-state index contributed by atoms with van der Waals surface area (Å²) < 4.78 is 3.37. The molecular weight excluding hydrogens is 412 g/mol. The van der Waals surface area contributed by atoms with Gasteiger partial charge in [0.15, 0.2) is 0 Å². The van der Waals surface area contributed by atoms with Crippen molar-refractivity contribution in [1.82, 2.24) is 14.3 Å². The highest BCUT2D eigenvalue weighted by Crippen LogP contribution is 2.23. The molecule has 174 valence electrons. The Morgan fingerprint density at radius 1 is 1.00 bits per heavy atom. The van der Waals surface area contributed by atoms with Crippen molar-refractivity contribution in [2.45, 2.75) is 39.5 Å². The van der Waals surface area contributed by atoms with Gasteiger partial charge in [0.1, 0.15) is 5.69 Å². The van der Waals surface area contributed by atoms with E-state index in [4.69, 9.17) is 0 Å². The lowest BCUT2D eigenvalue weighted by Crippen LogP contribution is -2.39. The number of rotatable bonds is 7. The molecule has 0 atom stereocenters. The highest BCUT2D eigenvalue weighted by atomic mass is 16.2. The number of nitrogens with one attached hydrogen (secondary N) is 1. The molecule has 3 aromatic rings. The molecule has 4 rings (SSSR count). The quantitative estimate of drug-likeness (QED) is 0.595. The monoisotopic (exact) mass is 446 g/mol. The SMILES string of the molecule is Cc1ccc(CCC2CCN(CC(=O)Nc3c(C)n(C)n(-c4ccccc4)c3=O)CC2)cc1. The summed E-state index contributed by atoms with van der Waals surface area (Å²) in [5, 5.41) is 2.88. The Kier molecular flexibility index (Phi) is 7.14.